The van der Waals surface area contributed by atoms with E-state index < -0.39 is 0 Å². The number of halogens is 1. The number of hydrogen-bond acceptors (Lipinski definition) is 4. The Kier molecular flexibility index (Phi) is 6.14. The van der Waals surface area contributed by atoms with Crippen molar-refractivity contribution in [2.75, 3.05) is 14.2 Å². The molecule has 0 bridgehead atoms. The van der Waals surface area contributed by atoms with Gasteiger partial charge in [0.2, 0.25) is 0 Å². The van der Waals surface area contributed by atoms with Crippen LogP contribution in [-0.2, 0) is 6.54 Å². The van der Waals surface area contributed by atoms with Crippen molar-refractivity contribution >= 4 is 22.9 Å². The highest BCUT2D eigenvalue weighted by Crippen LogP contribution is 2.33. The lowest BCUT2D eigenvalue weighted by Gasteiger charge is -2.10. The summed E-state index contributed by atoms with van der Waals surface area (Å²) >= 11 is 7.72. The van der Waals surface area contributed by atoms with Gasteiger partial charge in [-0.15, -0.1) is 11.3 Å². The standard InChI is InChI=1S/C20H21ClN2O2S/c1-13(14-5-4-6-16(21)9-14)22-11-17-12-26-20(23-17)15-7-8-18(24-2)19(10-15)25-3/h4-10,12-13,22H,11H2,1-3H3/p+1/t13-/m1/s1. The predicted molar refractivity (Wildman–Crippen MR) is 106 cm³/mol. The number of aromatic nitrogens is 1. The monoisotopic (exact) mass is 389 g/mol. The van der Waals surface area contributed by atoms with E-state index in [1.165, 1.54) is 5.56 Å². The molecule has 0 unspecified atom stereocenters. The Morgan fingerprint density at radius 3 is 2.65 bits per heavy atom. The van der Waals surface area contributed by atoms with Crippen LogP contribution in [0.1, 0.15) is 24.2 Å². The van der Waals surface area contributed by atoms with Crippen molar-refractivity contribution < 1.29 is 14.8 Å². The minimum absolute atomic E-state index is 0.319. The smallest absolute Gasteiger partial charge is 0.161 e. The summed E-state index contributed by atoms with van der Waals surface area (Å²) in [7, 11) is 3.27. The molecule has 0 saturated heterocycles. The van der Waals surface area contributed by atoms with Gasteiger partial charge in [-0.2, -0.15) is 0 Å². The van der Waals surface area contributed by atoms with Crippen LogP contribution >= 0.6 is 22.9 Å². The SMILES string of the molecule is COc1ccc(-c2nc(C[NH2+][C@H](C)c3cccc(Cl)c3)cs2)cc1OC. The summed E-state index contributed by atoms with van der Waals surface area (Å²) in [5.41, 5.74) is 3.31. The molecule has 0 fully saturated rings. The van der Waals surface area contributed by atoms with Gasteiger partial charge in [0.1, 0.15) is 23.3 Å². The highest BCUT2D eigenvalue weighted by Gasteiger charge is 2.13. The number of quaternary nitrogens is 1. The summed E-state index contributed by atoms with van der Waals surface area (Å²) in [5.74, 6) is 1.43. The Hall–Kier alpha value is -2.08. The highest BCUT2D eigenvalue weighted by molar-refractivity contribution is 7.13. The van der Waals surface area contributed by atoms with E-state index in [-0.39, 0.29) is 0 Å². The maximum absolute atomic E-state index is 6.08. The van der Waals surface area contributed by atoms with Crippen molar-refractivity contribution in [1.82, 2.24) is 4.98 Å². The van der Waals surface area contributed by atoms with E-state index in [0.29, 0.717) is 11.8 Å². The van der Waals surface area contributed by atoms with Gasteiger partial charge in [-0.05, 0) is 37.3 Å². The molecule has 0 aliphatic carbocycles. The quantitative estimate of drug-likeness (QED) is 0.655. The van der Waals surface area contributed by atoms with Crippen molar-refractivity contribution in [2.45, 2.75) is 19.5 Å². The average Bonchev–Trinajstić information content (AvgIpc) is 3.14. The van der Waals surface area contributed by atoms with E-state index in [9.17, 15) is 0 Å². The van der Waals surface area contributed by atoms with Crippen molar-refractivity contribution in [1.29, 1.82) is 0 Å². The van der Waals surface area contributed by atoms with Crippen LogP contribution in [0.2, 0.25) is 5.02 Å². The van der Waals surface area contributed by atoms with Crippen molar-refractivity contribution in [3.8, 4) is 22.1 Å². The van der Waals surface area contributed by atoms with Gasteiger partial charge < -0.3 is 14.8 Å². The molecule has 2 N–H and O–H groups in total. The fourth-order valence-corrected chi connectivity index (χ4v) is 3.75. The van der Waals surface area contributed by atoms with Gasteiger partial charge in [0.05, 0.1) is 14.2 Å². The van der Waals surface area contributed by atoms with Crippen LogP contribution in [0.5, 0.6) is 11.5 Å². The number of benzene rings is 2. The summed E-state index contributed by atoms with van der Waals surface area (Å²) < 4.78 is 10.7. The third-order valence-electron chi connectivity index (χ3n) is 4.24. The van der Waals surface area contributed by atoms with E-state index >= 15 is 0 Å². The fourth-order valence-electron chi connectivity index (χ4n) is 2.73. The normalized spacial score (nSPS) is 12.0. The second-order valence-electron chi connectivity index (χ2n) is 6.00. The van der Waals surface area contributed by atoms with Crippen molar-refractivity contribution in [2.24, 2.45) is 0 Å². The van der Waals surface area contributed by atoms with Gasteiger partial charge in [0, 0.05) is 21.5 Å². The summed E-state index contributed by atoms with van der Waals surface area (Å²) in [6.45, 7) is 2.99. The predicted octanol–water partition coefficient (Wildman–Crippen LogP) is 4.31. The van der Waals surface area contributed by atoms with Crippen LogP contribution in [0.3, 0.4) is 0 Å². The van der Waals surface area contributed by atoms with Gasteiger partial charge >= 0.3 is 0 Å². The number of thiazole rings is 1. The van der Waals surface area contributed by atoms with Gasteiger partial charge in [0.15, 0.2) is 11.5 Å². The summed E-state index contributed by atoms with van der Waals surface area (Å²) in [6, 6.07) is 14.2. The van der Waals surface area contributed by atoms with E-state index in [1.54, 1.807) is 25.6 Å². The Labute approximate surface area is 162 Å². The lowest BCUT2D eigenvalue weighted by atomic mass is 10.1. The van der Waals surface area contributed by atoms with Gasteiger partial charge in [-0.1, -0.05) is 23.7 Å². The molecular weight excluding hydrogens is 368 g/mol. The molecule has 1 heterocycles. The lowest BCUT2D eigenvalue weighted by molar-refractivity contribution is -0.708. The zero-order chi connectivity index (χ0) is 18.5. The first kappa shape index (κ1) is 18.7. The van der Waals surface area contributed by atoms with Crippen LogP contribution in [0.25, 0.3) is 10.6 Å². The molecule has 3 rings (SSSR count). The summed E-state index contributed by atoms with van der Waals surface area (Å²) in [4.78, 5) is 4.76. The first-order valence-electron chi connectivity index (χ1n) is 8.36. The molecule has 0 amide bonds. The molecule has 0 aliphatic heterocycles. The molecule has 26 heavy (non-hydrogen) atoms. The first-order chi connectivity index (χ1) is 12.6. The Balaban J connectivity index is 1.68. The zero-order valence-corrected chi connectivity index (χ0v) is 16.6. The molecule has 6 heteroatoms. The van der Waals surface area contributed by atoms with Crippen LogP contribution < -0.4 is 14.8 Å². The maximum Gasteiger partial charge on any atom is 0.161 e. The van der Waals surface area contributed by atoms with Crippen molar-refractivity contribution in [3.63, 3.8) is 0 Å². The van der Waals surface area contributed by atoms with E-state index in [4.69, 9.17) is 26.1 Å². The Bertz CT molecular complexity index is 882. The number of nitrogens with zero attached hydrogens (tertiary/aromatic N) is 1. The van der Waals surface area contributed by atoms with Crippen LogP contribution in [-0.4, -0.2) is 19.2 Å². The molecule has 4 nitrogen and oxygen atoms in total. The molecular formula is C20H22ClN2O2S+. The minimum atomic E-state index is 0.319. The molecule has 1 atom stereocenters. The molecule has 2 aromatic carbocycles. The molecule has 0 radical (unpaired) electrons. The fraction of sp³-hybridized carbons (Fsp3) is 0.250. The maximum atomic E-state index is 6.08. The summed E-state index contributed by atoms with van der Waals surface area (Å²) in [6.07, 6.45) is 0. The molecule has 0 spiro atoms. The number of rotatable bonds is 7. The second-order valence-corrected chi connectivity index (χ2v) is 7.29. The Morgan fingerprint density at radius 1 is 1.12 bits per heavy atom. The first-order valence-corrected chi connectivity index (χ1v) is 9.62. The number of methoxy groups -OCH3 is 2. The molecule has 3 aromatic rings. The third-order valence-corrected chi connectivity index (χ3v) is 5.41. The molecule has 136 valence electrons. The van der Waals surface area contributed by atoms with Crippen molar-refractivity contribution in [3.05, 3.63) is 64.1 Å². The van der Waals surface area contributed by atoms with E-state index in [2.05, 4.69) is 23.7 Å². The second kappa shape index (κ2) is 8.54. The van der Waals surface area contributed by atoms with Crippen LogP contribution in [0.15, 0.2) is 47.8 Å². The van der Waals surface area contributed by atoms with Crippen LogP contribution in [0, 0.1) is 0 Å². The number of hydrogen-bond donors (Lipinski definition) is 1. The lowest BCUT2D eigenvalue weighted by Crippen LogP contribution is -2.83. The van der Waals surface area contributed by atoms with Gasteiger partial charge in [-0.25, -0.2) is 4.98 Å². The Morgan fingerprint density at radius 2 is 1.92 bits per heavy atom. The molecule has 0 saturated carbocycles. The zero-order valence-electron chi connectivity index (χ0n) is 15.0. The highest BCUT2D eigenvalue weighted by atomic mass is 35.5. The van der Waals surface area contributed by atoms with E-state index in [0.717, 1.165) is 33.6 Å². The van der Waals surface area contributed by atoms with Gasteiger partial charge in [-0.3, -0.25) is 0 Å². The van der Waals surface area contributed by atoms with Gasteiger partial charge in [0.25, 0.3) is 0 Å². The van der Waals surface area contributed by atoms with Crippen LogP contribution in [0.4, 0.5) is 0 Å². The largest absolute Gasteiger partial charge is 0.493 e. The third kappa shape index (κ3) is 4.36. The minimum Gasteiger partial charge on any atom is -0.493 e. The topological polar surface area (TPSA) is 48.0 Å². The van der Waals surface area contributed by atoms with E-state index in [1.807, 2.05) is 36.4 Å². The molecule has 1 aromatic heterocycles. The molecule has 0 aliphatic rings. The average molecular weight is 390 g/mol. The summed E-state index contributed by atoms with van der Waals surface area (Å²) in [5, 5.41) is 6.11. The number of ether oxygens (including phenoxy) is 2. The number of nitrogens with two attached hydrogens (primary N) is 1.